The number of nitrogens with zero attached hydrogens (tertiary/aromatic N) is 6. The van der Waals surface area contributed by atoms with Crippen LogP contribution >= 0.6 is 0 Å². The molecule has 0 spiro atoms. The summed E-state index contributed by atoms with van der Waals surface area (Å²) in [5, 5.41) is 0. The van der Waals surface area contributed by atoms with E-state index < -0.39 is 0 Å². The van der Waals surface area contributed by atoms with E-state index in [0.29, 0.717) is 6.04 Å². The van der Waals surface area contributed by atoms with Gasteiger partial charge in [-0.2, -0.15) is 0 Å². The van der Waals surface area contributed by atoms with E-state index in [-0.39, 0.29) is 0 Å². The van der Waals surface area contributed by atoms with Crippen molar-refractivity contribution in [2.45, 2.75) is 26.3 Å². The first kappa shape index (κ1) is 14.9. The van der Waals surface area contributed by atoms with Crippen LogP contribution in [-0.4, -0.2) is 51.1 Å². The van der Waals surface area contributed by atoms with Gasteiger partial charge in [0.05, 0.1) is 11.6 Å². The average Bonchev–Trinajstić information content (AvgIpc) is 3.19. The summed E-state index contributed by atoms with van der Waals surface area (Å²) in [7, 11) is 2.07. The second-order valence-electron chi connectivity index (χ2n) is 6.41. The van der Waals surface area contributed by atoms with E-state index >= 15 is 0 Å². The first-order valence-corrected chi connectivity index (χ1v) is 8.19. The zero-order valence-corrected chi connectivity index (χ0v) is 14.2. The fourth-order valence-corrected chi connectivity index (χ4v) is 3.32. The van der Waals surface area contributed by atoms with E-state index in [1.54, 1.807) is 6.33 Å². The van der Waals surface area contributed by atoms with Crippen LogP contribution in [0, 0.1) is 13.8 Å². The maximum Gasteiger partial charge on any atom is 0.225 e. The maximum atomic E-state index is 4.53. The van der Waals surface area contributed by atoms with Crippen LogP contribution in [0.5, 0.6) is 0 Å². The van der Waals surface area contributed by atoms with Crippen LogP contribution in [0.15, 0.2) is 24.7 Å². The highest BCUT2D eigenvalue weighted by molar-refractivity contribution is 5.86. The predicted octanol–water partition coefficient (Wildman–Crippen LogP) is 2.08. The number of rotatable bonds is 3. The second kappa shape index (κ2) is 5.74. The van der Waals surface area contributed by atoms with Crippen molar-refractivity contribution in [2.75, 3.05) is 29.9 Å². The van der Waals surface area contributed by atoms with E-state index in [2.05, 4.69) is 47.8 Å². The minimum Gasteiger partial charge on any atom is -0.354 e. The Labute approximate surface area is 140 Å². The lowest BCUT2D eigenvalue weighted by atomic mass is 10.2. The summed E-state index contributed by atoms with van der Waals surface area (Å²) in [6.45, 7) is 5.90. The average molecular weight is 323 g/mol. The van der Waals surface area contributed by atoms with Crippen molar-refractivity contribution in [1.29, 1.82) is 0 Å². The number of fused-ring (bicyclic) bond motifs is 1. The van der Waals surface area contributed by atoms with Crippen LogP contribution in [0.4, 0.5) is 11.8 Å². The van der Waals surface area contributed by atoms with Gasteiger partial charge in [-0.1, -0.05) is 0 Å². The molecular formula is C17H21N7. The fourth-order valence-electron chi connectivity index (χ4n) is 3.32. The lowest BCUT2D eigenvalue weighted by molar-refractivity contribution is 0.673. The van der Waals surface area contributed by atoms with Crippen molar-refractivity contribution >= 4 is 22.8 Å². The number of aromatic amines is 1. The van der Waals surface area contributed by atoms with E-state index in [9.17, 15) is 0 Å². The van der Waals surface area contributed by atoms with Crippen molar-refractivity contribution in [1.82, 2.24) is 24.9 Å². The first-order chi connectivity index (χ1) is 11.6. The Kier molecular flexibility index (Phi) is 3.55. The van der Waals surface area contributed by atoms with E-state index in [1.807, 2.05) is 26.1 Å². The molecule has 0 aliphatic carbocycles. The maximum absolute atomic E-state index is 4.53. The van der Waals surface area contributed by atoms with Gasteiger partial charge < -0.3 is 14.8 Å². The van der Waals surface area contributed by atoms with Crippen LogP contribution in [0.3, 0.4) is 0 Å². The molecule has 7 heteroatoms. The first-order valence-electron chi connectivity index (χ1n) is 8.19. The molecule has 0 bridgehead atoms. The number of anilines is 2. The van der Waals surface area contributed by atoms with Gasteiger partial charge in [-0.3, -0.25) is 0 Å². The fraction of sp³-hybridized carbons (Fsp3) is 0.412. The minimum absolute atomic E-state index is 0.368. The van der Waals surface area contributed by atoms with Gasteiger partial charge in [0.15, 0.2) is 5.82 Å². The summed E-state index contributed by atoms with van der Waals surface area (Å²) in [6.07, 6.45) is 4.52. The molecule has 1 aliphatic heterocycles. The molecule has 124 valence electrons. The van der Waals surface area contributed by atoms with E-state index in [0.717, 1.165) is 53.7 Å². The Balaban J connectivity index is 1.57. The third-order valence-electron chi connectivity index (χ3n) is 4.64. The molecule has 1 fully saturated rings. The van der Waals surface area contributed by atoms with Crippen molar-refractivity contribution in [3.63, 3.8) is 0 Å². The number of aryl methyl sites for hydroxylation is 2. The number of H-pyrrole nitrogens is 1. The van der Waals surface area contributed by atoms with Gasteiger partial charge in [0.1, 0.15) is 11.8 Å². The molecule has 0 saturated carbocycles. The van der Waals surface area contributed by atoms with Gasteiger partial charge in [0.2, 0.25) is 5.95 Å². The molecule has 0 amide bonds. The molecular weight excluding hydrogens is 302 g/mol. The lowest BCUT2D eigenvalue weighted by Crippen LogP contribution is -2.36. The Bertz CT molecular complexity index is 872. The Morgan fingerprint density at radius 1 is 1.25 bits per heavy atom. The zero-order valence-electron chi connectivity index (χ0n) is 14.2. The van der Waals surface area contributed by atoms with Gasteiger partial charge in [-0.05, 0) is 32.4 Å². The number of nitrogens with one attached hydrogen (secondary N) is 1. The molecule has 1 N–H and O–H groups in total. The molecule has 1 atom stereocenters. The molecule has 1 saturated heterocycles. The SMILES string of the molecule is Cc1ccnc(N(C)C2CCN(c3ncnc4cc(C)[nH]c34)C2)n1. The van der Waals surface area contributed by atoms with Crippen molar-refractivity contribution in [3.8, 4) is 0 Å². The molecule has 1 unspecified atom stereocenters. The highest BCUT2D eigenvalue weighted by atomic mass is 15.3. The van der Waals surface area contributed by atoms with Crippen molar-refractivity contribution in [2.24, 2.45) is 0 Å². The van der Waals surface area contributed by atoms with Crippen LogP contribution in [0.25, 0.3) is 11.0 Å². The monoisotopic (exact) mass is 323 g/mol. The van der Waals surface area contributed by atoms with Crippen LogP contribution in [-0.2, 0) is 0 Å². The number of aromatic nitrogens is 5. The van der Waals surface area contributed by atoms with Gasteiger partial charge in [-0.15, -0.1) is 0 Å². The topological polar surface area (TPSA) is 73.8 Å². The third kappa shape index (κ3) is 2.55. The second-order valence-corrected chi connectivity index (χ2v) is 6.41. The summed E-state index contributed by atoms with van der Waals surface area (Å²) < 4.78 is 0. The van der Waals surface area contributed by atoms with Gasteiger partial charge in [0.25, 0.3) is 0 Å². The molecule has 3 aromatic heterocycles. The molecule has 0 aromatic carbocycles. The summed E-state index contributed by atoms with van der Waals surface area (Å²) in [5.41, 5.74) is 4.08. The van der Waals surface area contributed by atoms with Gasteiger partial charge in [0, 0.05) is 37.7 Å². The number of hydrogen-bond donors (Lipinski definition) is 1. The van der Waals surface area contributed by atoms with Gasteiger partial charge in [-0.25, -0.2) is 19.9 Å². The standard InChI is InChI=1S/C17H21N7/c1-11-4-6-18-17(22-11)23(3)13-5-7-24(9-13)16-15-14(19-10-20-16)8-12(2)21-15/h4,6,8,10,13,21H,5,7,9H2,1-3H3. The molecule has 4 rings (SSSR count). The Morgan fingerprint density at radius 3 is 2.96 bits per heavy atom. The third-order valence-corrected chi connectivity index (χ3v) is 4.64. The molecule has 3 aromatic rings. The van der Waals surface area contributed by atoms with E-state index in [1.165, 1.54) is 0 Å². The van der Waals surface area contributed by atoms with Crippen LogP contribution in [0.1, 0.15) is 17.8 Å². The Morgan fingerprint density at radius 2 is 2.12 bits per heavy atom. The van der Waals surface area contributed by atoms with Crippen molar-refractivity contribution in [3.05, 3.63) is 36.0 Å². The number of likely N-dealkylation sites (N-methyl/N-ethyl adjacent to an activating group) is 1. The number of hydrogen-bond acceptors (Lipinski definition) is 6. The minimum atomic E-state index is 0.368. The highest BCUT2D eigenvalue weighted by Gasteiger charge is 2.29. The summed E-state index contributed by atoms with van der Waals surface area (Å²) in [4.78, 5) is 25.7. The van der Waals surface area contributed by atoms with Crippen molar-refractivity contribution < 1.29 is 0 Å². The largest absolute Gasteiger partial charge is 0.354 e. The quantitative estimate of drug-likeness (QED) is 0.795. The summed E-state index contributed by atoms with van der Waals surface area (Å²) in [5.74, 6) is 1.76. The zero-order chi connectivity index (χ0) is 16.7. The molecule has 24 heavy (non-hydrogen) atoms. The molecule has 1 aliphatic rings. The normalized spacial score (nSPS) is 17.6. The van der Waals surface area contributed by atoms with Crippen LogP contribution in [0.2, 0.25) is 0 Å². The summed E-state index contributed by atoms with van der Waals surface area (Å²) >= 11 is 0. The molecule has 7 nitrogen and oxygen atoms in total. The van der Waals surface area contributed by atoms with Crippen LogP contribution < -0.4 is 9.80 Å². The molecule has 0 radical (unpaired) electrons. The smallest absolute Gasteiger partial charge is 0.225 e. The predicted molar refractivity (Wildman–Crippen MR) is 94.4 cm³/mol. The molecule has 4 heterocycles. The highest BCUT2D eigenvalue weighted by Crippen LogP contribution is 2.27. The summed E-state index contributed by atoms with van der Waals surface area (Å²) in [6, 6.07) is 4.34. The van der Waals surface area contributed by atoms with Gasteiger partial charge >= 0.3 is 0 Å². The van der Waals surface area contributed by atoms with E-state index in [4.69, 9.17) is 0 Å². The Hall–Kier alpha value is -2.70. The lowest BCUT2D eigenvalue weighted by Gasteiger charge is -2.25.